The van der Waals surface area contributed by atoms with E-state index in [2.05, 4.69) is 274 Å². The molecule has 314 valence electrons. The molecular formula is C63H42N4. The molecule has 0 amide bonds. The van der Waals surface area contributed by atoms with Crippen molar-refractivity contribution in [1.82, 2.24) is 9.13 Å². The Morgan fingerprint density at radius 3 is 1.03 bits per heavy atom. The quantitative estimate of drug-likeness (QED) is 0.166. The van der Waals surface area contributed by atoms with Crippen LogP contribution in [0.2, 0.25) is 0 Å². The molecule has 14 rings (SSSR count). The van der Waals surface area contributed by atoms with Crippen molar-refractivity contribution in [1.29, 1.82) is 0 Å². The molecule has 0 spiro atoms. The molecule has 0 aliphatic carbocycles. The summed E-state index contributed by atoms with van der Waals surface area (Å²) in [4.78, 5) is 5.40. The fourth-order valence-corrected chi connectivity index (χ4v) is 11.5. The van der Waals surface area contributed by atoms with E-state index < -0.39 is 5.66 Å². The number of fused-ring (bicyclic) bond motifs is 12. The molecule has 0 bridgehead atoms. The van der Waals surface area contributed by atoms with Crippen LogP contribution in [0.4, 0.5) is 22.7 Å². The first-order valence-electron chi connectivity index (χ1n) is 23.1. The highest BCUT2D eigenvalue weighted by Crippen LogP contribution is 2.66. The molecule has 2 aromatic heterocycles. The van der Waals surface area contributed by atoms with Crippen LogP contribution in [0.1, 0.15) is 11.1 Å². The highest BCUT2D eigenvalue weighted by Gasteiger charge is 2.56. The molecule has 4 heteroatoms. The second-order valence-electron chi connectivity index (χ2n) is 17.7. The Morgan fingerprint density at radius 2 is 0.612 bits per heavy atom. The minimum absolute atomic E-state index is 0.955. The number of nitrogens with zero attached hydrogens (tertiary/aromatic N) is 4. The summed E-state index contributed by atoms with van der Waals surface area (Å²) in [6, 6.07) is 93.9. The largest absolute Gasteiger partial charge is 0.307 e. The lowest BCUT2D eigenvalue weighted by molar-refractivity contribution is 0.561. The Morgan fingerprint density at radius 1 is 0.269 bits per heavy atom. The number of hydrogen-bond donors (Lipinski definition) is 0. The SMILES string of the molecule is c1ccc(-n2c3ccccc3c3c4c(c5c6ccccc6n(-c6ccccc6)c5c32)N(c2ccc3ccccc3c2)C(c2ccccc2)(c2ccccc2)N4c2ccc3ccccc3c2)cc1. The zero-order chi connectivity index (χ0) is 44.1. The first kappa shape index (κ1) is 37.5. The minimum Gasteiger partial charge on any atom is -0.307 e. The first-order valence-corrected chi connectivity index (χ1v) is 23.1. The Labute approximate surface area is 388 Å². The van der Waals surface area contributed by atoms with E-state index in [1.165, 1.54) is 43.1 Å². The lowest BCUT2D eigenvalue weighted by Crippen LogP contribution is -2.51. The van der Waals surface area contributed by atoms with Gasteiger partial charge in [0.05, 0.1) is 33.4 Å². The Hall–Kier alpha value is -8.86. The average Bonchev–Trinajstić information content (AvgIpc) is 4.04. The van der Waals surface area contributed by atoms with Crippen LogP contribution in [0.5, 0.6) is 0 Å². The zero-order valence-electron chi connectivity index (χ0n) is 36.5. The third kappa shape index (κ3) is 5.29. The molecule has 0 atom stereocenters. The van der Waals surface area contributed by atoms with Crippen LogP contribution in [0.25, 0.3) is 76.5 Å². The maximum absolute atomic E-state index is 2.70. The summed E-state index contributed by atoms with van der Waals surface area (Å²) in [6.07, 6.45) is 0. The molecular weight excluding hydrogens is 813 g/mol. The van der Waals surface area contributed by atoms with Gasteiger partial charge in [0.25, 0.3) is 0 Å². The third-order valence-electron chi connectivity index (χ3n) is 14.1. The Bertz CT molecular complexity index is 3780. The molecule has 0 N–H and O–H groups in total. The predicted octanol–water partition coefficient (Wildman–Crippen LogP) is 16.4. The second-order valence-corrected chi connectivity index (χ2v) is 17.7. The van der Waals surface area contributed by atoms with Gasteiger partial charge in [0.1, 0.15) is 0 Å². The standard InChI is InChI=1S/C63H42N4/c1-5-25-47(26-6-1)63(48-27-7-2-8-28-48)66(51-39-37-43-21-13-15-23-45(43)41-51)61-57-53-33-17-19-35-55(53)64(49-29-9-3-10-30-49)59(57)60-58(54-34-18-20-36-56(54)65(60)50-31-11-4-12-32-50)62(61)67(63)52-40-38-44-22-14-16-24-46(44)42-52/h1-42H. The predicted molar refractivity (Wildman–Crippen MR) is 281 cm³/mol. The molecule has 0 saturated carbocycles. The number of aromatic nitrogens is 2. The lowest BCUT2D eigenvalue weighted by atomic mass is 9.87. The van der Waals surface area contributed by atoms with Crippen LogP contribution in [-0.2, 0) is 5.66 Å². The van der Waals surface area contributed by atoms with Crippen LogP contribution in [-0.4, -0.2) is 9.13 Å². The van der Waals surface area contributed by atoms with Crippen molar-refractivity contribution in [3.05, 3.63) is 266 Å². The summed E-state index contributed by atoms with van der Waals surface area (Å²) in [7, 11) is 0. The molecule has 13 aromatic rings. The summed E-state index contributed by atoms with van der Waals surface area (Å²) in [5, 5.41) is 9.53. The molecule has 4 nitrogen and oxygen atoms in total. The molecule has 0 fully saturated rings. The maximum atomic E-state index is 2.70. The average molecular weight is 855 g/mol. The fourth-order valence-electron chi connectivity index (χ4n) is 11.5. The summed E-state index contributed by atoms with van der Waals surface area (Å²) in [5.41, 5.74) is 12.7. The van der Waals surface area contributed by atoms with Crippen molar-refractivity contribution in [2.45, 2.75) is 5.66 Å². The van der Waals surface area contributed by atoms with Crippen LogP contribution in [0, 0.1) is 0 Å². The van der Waals surface area contributed by atoms with Gasteiger partial charge in [-0.1, -0.05) is 194 Å². The monoisotopic (exact) mass is 854 g/mol. The van der Waals surface area contributed by atoms with Crippen LogP contribution >= 0.6 is 0 Å². The molecule has 1 aliphatic rings. The number of rotatable bonds is 6. The van der Waals surface area contributed by atoms with Crippen molar-refractivity contribution in [3.63, 3.8) is 0 Å². The van der Waals surface area contributed by atoms with E-state index in [9.17, 15) is 0 Å². The zero-order valence-corrected chi connectivity index (χ0v) is 36.5. The van der Waals surface area contributed by atoms with Crippen molar-refractivity contribution < 1.29 is 0 Å². The van der Waals surface area contributed by atoms with Gasteiger partial charge in [0.15, 0.2) is 5.66 Å². The van der Waals surface area contributed by atoms with E-state index >= 15 is 0 Å². The maximum Gasteiger partial charge on any atom is 0.175 e. The Kier molecular flexibility index (Phi) is 8.16. The first-order chi connectivity index (χ1) is 33.3. The van der Waals surface area contributed by atoms with Gasteiger partial charge in [-0.05, 0) is 82.2 Å². The van der Waals surface area contributed by atoms with E-state index in [0.717, 1.165) is 67.3 Å². The molecule has 0 radical (unpaired) electrons. The Balaban J connectivity index is 1.31. The van der Waals surface area contributed by atoms with Gasteiger partial charge >= 0.3 is 0 Å². The molecule has 0 unspecified atom stereocenters. The van der Waals surface area contributed by atoms with E-state index in [0.29, 0.717) is 0 Å². The minimum atomic E-state index is -0.955. The summed E-state index contributed by atoms with van der Waals surface area (Å²) in [5.74, 6) is 0. The van der Waals surface area contributed by atoms with Crippen LogP contribution < -0.4 is 9.80 Å². The number of hydrogen-bond acceptors (Lipinski definition) is 2. The van der Waals surface area contributed by atoms with Crippen molar-refractivity contribution in [3.8, 4) is 11.4 Å². The van der Waals surface area contributed by atoms with Gasteiger partial charge in [0.2, 0.25) is 0 Å². The summed E-state index contributed by atoms with van der Waals surface area (Å²) >= 11 is 0. The normalized spacial score (nSPS) is 13.4. The molecule has 11 aromatic carbocycles. The smallest absolute Gasteiger partial charge is 0.175 e. The van der Waals surface area contributed by atoms with Gasteiger partial charge in [-0.3, -0.25) is 0 Å². The highest BCUT2D eigenvalue weighted by atomic mass is 15.5. The van der Waals surface area contributed by atoms with Gasteiger partial charge < -0.3 is 18.9 Å². The molecule has 0 saturated heterocycles. The van der Waals surface area contributed by atoms with Crippen molar-refractivity contribution >= 4 is 87.9 Å². The van der Waals surface area contributed by atoms with E-state index in [4.69, 9.17) is 0 Å². The van der Waals surface area contributed by atoms with E-state index in [1.807, 2.05) is 0 Å². The molecule has 67 heavy (non-hydrogen) atoms. The van der Waals surface area contributed by atoms with Gasteiger partial charge in [-0.2, -0.15) is 0 Å². The lowest BCUT2D eigenvalue weighted by Gasteiger charge is -2.47. The van der Waals surface area contributed by atoms with Crippen molar-refractivity contribution in [2.75, 3.05) is 9.80 Å². The second kappa shape index (κ2) is 14.6. The molecule has 3 heterocycles. The number of benzene rings is 11. The third-order valence-corrected chi connectivity index (χ3v) is 14.1. The topological polar surface area (TPSA) is 16.3 Å². The fraction of sp³-hybridized carbons (Fsp3) is 0.0159. The number of anilines is 4. The molecule has 1 aliphatic heterocycles. The van der Waals surface area contributed by atoms with Gasteiger partial charge in [-0.25, -0.2) is 0 Å². The van der Waals surface area contributed by atoms with E-state index in [-0.39, 0.29) is 0 Å². The highest BCUT2D eigenvalue weighted by molar-refractivity contribution is 6.35. The van der Waals surface area contributed by atoms with Gasteiger partial charge in [0, 0.05) is 55.4 Å². The summed E-state index contributed by atoms with van der Waals surface area (Å²) < 4.78 is 5.05. The number of para-hydroxylation sites is 4. The summed E-state index contributed by atoms with van der Waals surface area (Å²) in [6.45, 7) is 0. The van der Waals surface area contributed by atoms with E-state index in [1.54, 1.807) is 0 Å². The van der Waals surface area contributed by atoms with Gasteiger partial charge in [-0.15, -0.1) is 0 Å². The van der Waals surface area contributed by atoms with Crippen LogP contribution in [0.15, 0.2) is 255 Å². The van der Waals surface area contributed by atoms with Crippen LogP contribution in [0.3, 0.4) is 0 Å². The van der Waals surface area contributed by atoms with Crippen molar-refractivity contribution in [2.24, 2.45) is 0 Å².